The Morgan fingerprint density at radius 1 is 1.04 bits per heavy atom. The monoisotopic (exact) mass is 353 g/mol. The fourth-order valence-corrected chi connectivity index (χ4v) is 4.18. The van der Waals surface area contributed by atoms with E-state index >= 15 is 0 Å². The van der Waals surface area contributed by atoms with Crippen molar-refractivity contribution >= 4 is 16.1 Å². The van der Waals surface area contributed by atoms with Crippen molar-refractivity contribution in [3.05, 3.63) is 30.3 Å². The van der Waals surface area contributed by atoms with Crippen molar-refractivity contribution < 1.29 is 13.2 Å². The van der Waals surface area contributed by atoms with Crippen molar-refractivity contribution in [2.24, 2.45) is 0 Å². The van der Waals surface area contributed by atoms with Crippen molar-refractivity contribution in [2.75, 3.05) is 32.7 Å². The number of carbonyl (C=O) groups excluding carboxylic acids is 1. The number of hydrogen-bond acceptors (Lipinski definition) is 3. The molecule has 0 saturated carbocycles. The molecule has 1 fully saturated rings. The first-order chi connectivity index (χ1) is 11.6. The number of hydrogen-bond donors (Lipinski definition) is 1. The van der Waals surface area contributed by atoms with Crippen LogP contribution in [0.2, 0.25) is 0 Å². The largest absolute Gasteiger partial charge is 0.338 e. The molecule has 0 aliphatic carbocycles. The molecule has 1 heterocycles. The Bertz CT molecular complexity index is 611. The molecule has 0 atom stereocenters. The average Bonchev–Trinajstić information content (AvgIpc) is 2.62. The topological polar surface area (TPSA) is 69.7 Å². The molecule has 7 heteroatoms. The maximum Gasteiger partial charge on any atom is 0.317 e. The number of piperazine rings is 1. The number of nitrogens with one attached hydrogen (secondary N) is 1. The van der Waals surface area contributed by atoms with Crippen LogP contribution in [-0.4, -0.2) is 56.4 Å². The maximum atomic E-state index is 12.5. The zero-order valence-electron chi connectivity index (χ0n) is 14.3. The lowest BCUT2D eigenvalue weighted by atomic mass is 10.2. The second kappa shape index (κ2) is 9.03. The highest BCUT2D eigenvalue weighted by Crippen LogP contribution is 2.17. The summed E-state index contributed by atoms with van der Waals surface area (Å²) in [6.07, 6.45) is 4.47. The summed E-state index contributed by atoms with van der Waals surface area (Å²) in [5.74, 6) is 0. The van der Waals surface area contributed by atoms with Crippen molar-refractivity contribution in [3.63, 3.8) is 0 Å². The van der Waals surface area contributed by atoms with E-state index in [4.69, 9.17) is 0 Å². The van der Waals surface area contributed by atoms with Gasteiger partial charge in [-0.3, -0.25) is 0 Å². The third-order valence-corrected chi connectivity index (χ3v) is 6.13. The lowest BCUT2D eigenvalue weighted by Crippen LogP contribution is -2.53. The molecule has 24 heavy (non-hydrogen) atoms. The number of urea groups is 1. The Morgan fingerprint density at radius 3 is 2.33 bits per heavy atom. The number of amides is 2. The minimum absolute atomic E-state index is 0.0942. The van der Waals surface area contributed by atoms with Crippen LogP contribution in [0.5, 0.6) is 0 Å². The molecule has 6 nitrogen and oxygen atoms in total. The molecule has 2 rings (SSSR count). The molecule has 1 N–H and O–H groups in total. The summed E-state index contributed by atoms with van der Waals surface area (Å²) in [5, 5.41) is 2.92. The van der Waals surface area contributed by atoms with Crippen LogP contribution in [0.4, 0.5) is 4.79 Å². The summed E-state index contributed by atoms with van der Waals surface area (Å²) in [7, 11) is -3.46. The zero-order valence-corrected chi connectivity index (χ0v) is 15.1. The normalized spacial score (nSPS) is 16.1. The number of rotatable bonds is 7. The summed E-state index contributed by atoms with van der Waals surface area (Å²) >= 11 is 0. The molecule has 134 valence electrons. The maximum absolute atomic E-state index is 12.5. The summed E-state index contributed by atoms with van der Waals surface area (Å²) < 4.78 is 26.5. The van der Waals surface area contributed by atoms with Crippen LogP contribution in [0, 0.1) is 0 Å². The molecule has 1 aromatic rings. The second-order valence-corrected chi connectivity index (χ2v) is 7.93. The number of sulfonamides is 1. The van der Waals surface area contributed by atoms with Crippen molar-refractivity contribution in [1.29, 1.82) is 0 Å². The number of unbranched alkanes of at least 4 members (excludes halogenated alkanes) is 3. The van der Waals surface area contributed by atoms with Gasteiger partial charge in [0.2, 0.25) is 10.0 Å². The van der Waals surface area contributed by atoms with Gasteiger partial charge in [-0.1, -0.05) is 44.4 Å². The van der Waals surface area contributed by atoms with Crippen LogP contribution < -0.4 is 5.32 Å². The van der Waals surface area contributed by atoms with Gasteiger partial charge >= 0.3 is 6.03 Å². The highest BCUT2D eigenvalue weighted by molar-refractivity contribution is 7.89. The standard InChI is InChI=1S/C17H27N3O3S/c1-2-3-4-8-11-18-17(21)19-12-14-20(15-13-19)24(22,23)16-9-6-5-7-10-16/h5-7,9-10H,2-4,8,11-15H2,1H3,(H,18,21). The molecular formula is C17H27N3O3S. The average molecular weight is 353 g/mol. The van der Waals surface area contributed by atoms with E-state index in [1.807, 2.05) is 0 Å². The van der Waals surface area contributed by atoms with Crippen molar-refractivity contribution in [3.8, 4) is 0 Å². The third kappa shape index (κ3) is 4.95. The Hall–Kier alpha value is -1.60. The van der Waals surface area contributed by atoms with Crippen LogP contribution in [0.3, 0.4) is 0 Å². The lowest BCUT2D eigenvalue weighted by Gasteiger charge is -2.34. The predicted molar refractivity (Wildman–Crippen MR) is 94.3 cm³/mol. The van der Waals surface area contributed by atoms with Gasteiger partial charge in [0.25, 0.3) is 0 Å². The number of carbonyl (C=O) groups is 1. The van der Waals surface area contributed by atoms with Crippen molar-refractivity contribution in [2.45, 2.75) is 37.5 Å². The molecule has 0 unspecified atom stereocenters. The van der Waals surface area contributed by atoms with Crippen LogP contribution in [-0.2, 0) is 10.0 Å². The first-order valence-electron chi connectivity index (χ1n) is 8.63. The van der Waals surface area contributed by atoms with Crippen LogP contribution in [0.15, 0.2) is 35.2 Å². The predicted octanol–water partition coefficient (Wildman–Crippen LogP) is 2.28. The molecule has 1 aliphatic rings. The van der Waals surface area contributed by atoms with Crippen LogP contribution in [0.25, 0.3) is 0 Å². The quantitative estimate of drug-likeness (QED) is 0.765. The molecular weight excluding hydrogens is 326 g/mol. The second-order valence-electron chi connectivity index (χ2n) is 6.00. The highest BCUT2D eigenvalue weighted by Gasteiger charge is 2.29. The smallest absolute Gasteiger partial charge is 0.317 e. The van der Waals surface area contributed by atoms with Gasteiger partial charge in [0.05, 0.1) is 4.90 Å². The van der Waals surface area contributed by atoms with Gasteiger partial charge in [-0.25, -0.2) is 13.2 Å². The Labute approximate surface area is 144 Å². The highest BCUT2D eigenvalue weighted by atomic mass is 32.2. The van der Waals surface area contributed by atoms with Crippen LogP contribution in [0.1, 0.15) is 32.6 Å². The lowest BCUT2D eigenvalue weighted by molar-refractivity contribution is 0.172. The minimum atomic E-state index is -3.46. The number of benzene rings is 1. The summed E-state index contributed by atoms with van der Waals surface area (Å²) in [6.45, 7) is 4.35. The van der Waals surface area contributed by atoms with Gasteiger partial charge in [-0.05, 0) is 18.6 Å². The molecule has 0 aromatic heterocycles. The van der Waals surface area contributed by atoms with Gasteiger partial charge < -0.3 is 10.2 Å². The van der Waals surface area contributed by atoms with E-state index < -0.39 is 10.0 Å². The fourth-order valence-electron chi connectivity index (χ4n) is 2.73. The Kier molecular flexibility index (Phi) is 7.05. The van der Waals surface area contributed by atoms with E-state index in [0.717, 1.165) is 12.8 Å². The van der Waals surface area contributed by atoms with Gasteiger partial charge in [0, 0.05) is 32.7 Å². The van der Waals surface area contributed by atoms with Gasteiger partial charge in [0.15, 0.2) is 0 Å². The zero-order chi connectivity index (χ0) is 17.4. The van der Waals surface area contributed by atoms with Gasteiger partial charge in [-0.15, -0.1) is 0 Å². The molecule has 1 saturated heterocycles. The summed E-state index contributed by atoms with van der Waals surface area (Å²) in [6, 6.07) is 8.34. The number of nitrogens with zero attached hydrogens (tertiary/aromatic N) is 2. The first kappa shape index (κ1) is 18.7. The SMILES string of the molecule is CCCCCCNC(=O)N1CCN(S(=O)(=O)c2ccccc2)CC1. The van der Waals surface area contributed by atoms with Crippen LogP contribution >= 0.6 is 0 Å². The molecule has 0 spiro atoms. The fraction of sp³-hybridized carbons (Fsp3) is 0.588. The van der Waals surface area contributed by atoms with E-state index in [-0.39, 0.29) is 6.03 Å². The van der Waals surface area contributed by atoms with E-state index in [0.29, 0.717) is 37.6 Å². The third-order valence-electron chi connectivity index (χ3n) is 4.21. The minimum Gasteiger partial charge on any atom is -0.338 e. The molecule has 0 radical (unpaired) electrons. The van der Waals surface area contributed by atoms with E-state index in [1.165, 1.54) is 17.1 Å². The molecule has 0 bridgehead atoms. The Balaban J connectivity index is 1.80. The summed E-state index contributed by atoms with van der Waals surface area (Å²) in [4.78, 5) is 14.1. The van der Waals surface area contributed by atoms with Gasteiger partial charge in [-0.2, -0.15) is 4.31 Å². The molecule has 1 aromatic carbocycles. The summed E-state index contributed by atoms with van der Waals surface area (Å²) in [5.41, 5.74) is 0. The molecule has 1 aliphatic heterocycles. The van der Waals surface area contributed by atoms with E-state index in [1.54, 1.807) is 35.2 Å². The van der Waals surface area contributed by atoms with E-state index in [9.17, 15) is 13.2 Å². The van der Waals surface area contributed by atoms with E-state index in [2.05, 4.69) is 12.2 Å². The molecule has 2 amide bonds. The first-order valence-corrected chi connectivity index (χ1v) is 10.1. The Morgan fingerprint density at radius 2 is 1.71 bits per heavy atom. The van der Waals surface area contributed by atoms with Gasteiger partial charge in [0.1, 0.15) is 0 Å². The van der Waals surface area contributed by atoms with Crippen molar-refractivity contribution in [1.82, 2.24) is 14.5 Å².